The Morgan fingerprint density at radius 2 is 1.82 bits per heavy atom. The van der Waals surface area contributed by atoms with Gasteiger partial charge in [0.25, 0.3) is 5.91 Å². The average Bonchev–Trinajstić information content (AvgIpc) is 3.47. The van der Waals surface area contributed by atoms with Gasteiger partial charge in [-0.3, -0.25) is 14.5 Å². The van der Waals surface area contributed by atoms with E-state index in [1.54, 1.807) is 6.92 Å². The van der Waals surface area contributed by atoms with E-state index in [2.05, 4.69) is 23.8 Å². The van der Waals surface area contributed by atoms with Crippen LogP contribution >= 0.6 is 11.3 Å². The molecule has 2 N–H and O–H groups in total. The third-order valence-electron chi connectivity index (χ3n) is 6.32. The summed E-state index contributed by atoms with van der Waals surface area (Å²) in [6.07, 6.45) is 1.81. The number of aliphatic hydroxyl groups excluding tert-OH is 1. The molecule has 2 aromatic heterocycles. The number of fused-ring (bicyclic) bond motifs is 1. The Kier molecular flexibility index (Phi) is 5.37. The fourth-order valence-corrected chi connectivity index (χ4v) is 5.48. The van der Waals surface area contributed by atoms with Crippen molar-refractivity contribution in [3.8, 4) is 0 Å². The Labute approximate surface area is 201 Å². The van der Waals surface area contributed by atoms with E-state index in [1.807, 2.05) is 61.7 Å². The van der Waals surface area contributed by atoms with Crippen molar-refractivity contribution in [3.05, 3.63) is 92.8 Å². The van der Waals surface area contributed by atoms with Crippen LogP contribution < -0.4 is 4.90 Å². The SMILES string of the molecule is Cc1nc(C)c(C(=O)C2=C(O)C(=O)N(c3ccc(C(C)C)cc3)C2c2c[nH]c3ccccc23)s1. The second-order valence-corrected chi connectivity index (χ2v) is 10.1. The standard InChI is InChI=1S/C27H25N3O3S/c1-14(2)17-9-11-18(12-10-17)30-23(20-13-28-21-8-6-5-7-19(20)21)22(25(32)27(30)33)24(31)26-15(3)29-16(4)34-26/h5-14,23,28,32H,1-4H3. The molecule has 1 atom stereocenters. The molecule has 1 aliphatic heterocycles. The molecule has 34 heavy (non-hydrogen) atoms. The molecule has 4 aromatic rings. The van der Waals surface area contributed by atoms with Gasteiger partial charge in [0, 0.05) is 28.4 Å². The highest BCUT2D eigenvalue weighted by Crippen LogP contribution is 2.44. The first kappa shape index (κ1) is 22.1. The molecular formula is C27H25N3O3S. The molecule has 1 aliphatic rings. The first-order valence-corrected chi connectivity index (χ1v) is 12.0. The van der Waals surface area contributed by atoms with Crippen molar-refractivity contribution in [2.45, 2.75) is 39.7 Å². The maximum atomic E-state index is 13.8. The Bertz CT molecular complexity index is 1460. The summed E-state index contributed by atoms with van der Waals surface area (Å²) in [6, 6.07) is 14.7. The molecule has 0 saturated carbocycles. The van der Waals surface area contributed by atoms with Crippen LogP contribution in [0.4, 0.5) is 5.69 Å². The topological polar surface area (TPSA) is 86.3 Å². The zero-order valence-corrected chi connectivity index (χ0v) is 20.2. The summed E-state index contributed by atoms with van der Waals surface area (Å²) in [5.41, 5.74) is 4.08. The number of H-pyrrole nitrogens is 1. The van der Waals surface area contributed by atoms with Crippen LogP contribution in [0.5, 0.6) is 0 Å². The van der Waals surface area contributed by atoms with Gasteiger partial charge in [-0.05, 0) is 43.5 Å². The minimum Gasteiger partial charge on any atom is -0.503 e. The van der Waals surface area contributed by atoms with Gasteiger partial charge in [-0.15, -0.1) is 11.3 Å². The van der Waals surface area contributed by atoms with Gasteiger partial charge in [-0.2, -0.15) is 0 Å². The zero-order valence-electron chi connectivity index (χ0n) is 19.4. The summed E-state index contributed by atoms with van der Waals surface area (Å²) in [4.78, 5) is 36.8. The number of para-hydroxylation sites is 1. The minimum atomic E-state index is -0.775. The molecule has 0 aliphatic carbocycles. The zero-order chi connectivity index (χ0) is 24.1. The third-order valence-corrected chi connectivity index (χ3v) is 7.39. The van der Waals surface area contributed by atoms with Gasteiger partial charge >= 0.3 is 0 Å². The predicted molar refractivity (Wildman–Crippen MR) is 135 cm³/mol. The lowest BCUT2D eigenvalue weighted by Crippen LogP contribution is -2.31. The van der Waals surface area contributed by atoms with Crippen molar-refractivity contribution in [1.82, 2.24) is 9.97 Å². The van der Waals surface area contributed by atoms with Crippen LogP contribution in [-0.2, 0) is 4.79 Å². The second kappa shape index (κ2) is 8.25. The number of aromatic nitrogens is 2. The number of ketones is 1. The summed E-state index contributed by atoms with van der Waals surface area (Å²) in [6.45, 7) is 7.82. The number of hydrogen-bond donors (Lipinski definition) is 2. The summed E-state index contributed by atoms with van der Waals surface area (Å²) < 4.78 is 0. The molecule has 0 radical (unpaired) electrons. The highest BCUT2D eigenvalue weighted by Gasteiger charge is 2.46. The molecule has 0 saturated heterocycles. The van der Waals surface area contributed by atoms with E-state index in [0.29, 0.717) is 22.2 Å². The van der Waals surface area contributed by atoms with Crippen LogP contribution in [0.2, 0.25) is 0 Å². The highest BCUT2D eigenvalue weighted by molar-refractivity contribution is 7.14. The van der Waals surface area contributed by atoms with E-state index < -0.39 is 17.7 Å². The number of anilines is 1. The van der Waals surface area contributed by atoms with Gasteiger partial charge in [0.1, 0.15) is 0 Å². The molecule has 0 fully saturated rings. The quantitative estimate of drug-likeness (QED) is 0.342. The van der Waals surface area contributed by atoms with E-state index in [1.165, 1.54) is 16.2 Å². The lowest BCUT2D eigenvalue weighted by molar-refractivity contribution is -0.117. The number of aromatic amines is 1. The number of aryl methyl sites for hydroxylation is 2. The van der Waals surface area contributed by atoms with Gasteiger partial charge in [-0.25, -0.2) is 4.98 Å². The lowest BCUT2D eigenvalue weighted by atomic mass is 9.94. The number of benzene rings is 2. The number of Topliss-reactive ketones (excluding diaryl/α,β-unsaturated/α-hetero) is 1. The number of aliphatic hydroxyl groups is 1. The first-order chi connectivity index (χ1) is 16.3. The molecule has 6 nitrogen and oxygen atoms in total. The van der Waals surface area contributed by atoms with E-state index in [0.717, 1.165) is 27.0 Å². The molecule has 1 amide bonds. The Hall–Kier alpha value is -3.71. The number of carbonyl (C=O) groups is 2. The number of thiazole rings is 1. The van der Waals surface area contributed by atoms with E-state index in [9.17, 15) is 14.7 Å². The number of nitrogens with one attached hydrogen (secondary N) is 1. The third kappa shape index (κ3) is 3.44. The number of carbonyl (C=O) groups excluding carboxylic acids is 2. The molecular weight excluding hydrogens is 446 g/mol. The Balaban J connectivity index is 1.70. The van der Waals surface area contributed by atoms with Crippen molar-refractivity contribution < 1.29 is 14.7 Å². The fraction of sp³-hybridized carbons (Fsp3) is 0.222. The Morgan fingerprint density at radius 3 is 2.47 bits per heavy atom. The number of nitrogens with zero attached hydrogens (tertiary/aromatic N) is 2. The van der Waals surface area contributed by atoms with Gasteiger partial charge in [0.2, 0.25) is 5.78 Å². The summed E-state index contributed by atoms with van der Waals surface area (Å²) in [5.74, 6) is -1.13. The largest absolute Gasteiger partial charge is 0.503 e. The van der Waals surface area contributed by atoms with E-state index in [4.69, 9.17) is 0 Å². The minimum absolute atomic E-state index is 0.0782. The maximum absolute atomic E-state index is 13.8. The monoisotopic (exact) mass is 471 g/mol. The van der Waals surface area contributed by atoms with Crippen LogP contribution in [0.1, 0.15) is 57.3 Å². The van der Waals surface area contributed by atoms with Crippen LogP contribution in [0.25, 0.3) is 10.9 Å². The fourth-order valence-electron chi connectivity index (χ4n) is 4.60. The van der Waals surface area contributed by atoms with Crippen LogP contribution in [0.15, 0.2) is 66.1 Å². The summed E-state index contributed by atoms with van der Waals surface area (Å²) in [7, 11) is 0. The van der Waals surface area contributed by atoms with Crippen molar-refractivity contribution in [1.29, 1.82) is 0 Å². The van der Waals surface area contributed by atoms with Crippen molar-refractivity contribution in [3.63, 3.8) is 0 Å². The summed E-state index contributed by atoms with van der Waals surface area (Å²) in [5, 5.41) is 12.7. The van der Waals surface area contributed by atoms with Gasteiger partial charge < -0.3 is 10.1 Å². The molecule has 0 spiro atoms. The predicted octanol–water partition coefficient (Wildman–Crippen LogP) is 6.15. The van der Waals surface area contributed by atoms with Gasteiger partial charge in [-0.1, -0.05) is 44.2 Å². The number of hydrogen-bond acceptors (Lipinski definition) is 5. The van der Waals surface area contributed by atoms with Crippen molar-refractivity contribution in [2.75, 3.05) is 4.90 Å². The van der Waals surface area contributed by atoms with Crippen LogP contribution in [0.3, 0.4) is 0 Å². The van der Waals surface area contributed by atoms with Crippen LogP contribution in [-0.4, -0.2) is 26.8 Å². The molecule has 172 valence electrons. The molecule has 3 heterocycles. The van der Waals surface area contributed by atoms with E-state index >= 15 is 0 Å². The molecule has 0 bridgehead atoms. The van der Waals surface area contributed by atoms with Crippen molar-refractivity contribution >= 4 is 39.6 Å². The Morgan fingerprint density at radius 1 is 1.12 bits per heavy atom. The number of rotatable bonds is 5. The molecule has 1 unspecified atom stereocenters. The lowest BCUT2D eigenvalue weighted by Gasteiger charge is -2.27. The maximum Gasteiger partial charge on any atom is 0.294 e. The van der Waals surface area contributed by atoms with Gasteiger partial charge in [0.05, 0.1) is 27.2 Å². The second-order valence-electron chi connectivity index (χ2n) is 8.85. The normalized spacial score (nSPS) is 16.3. The van der Waals surface area contributed by atoms with Crippen molar-refractivity contribution in [2.24, 2.45) is 0 Å². The van der Waals surface area contributed by atoms with Gasteiger partial charge in [0.15, 0.2) is 5.76 Å². The summed E-state index contributed by atoms with van der Waals surface area (Å²) >= 11 is 1.27. The average molecular weight is 472 g/mol. The molecule has 7 heteroatoms. The molecule has 2 aromatic carbocycles. The highest BCUT2D eigenvalue weighted by atomic mass is 32.1. The van der Waals surface area contributed by atoms with Crippen LogP contribution in [0, 0.1) is 13.8 Å². The molecule has 5 rings (SSSR count). The first-order valence-electron chi connectivity index (χ1n) is 11.2. The smallest absolute Gasteiger partial charge is 0.294 e. The number of amides is 1. The van der Waals surface area contributed by atoms with E-state index in [-0.39, 0.29) is 11.4 Å².